The van der Waals surface area contributed by atoms with E-state index >= 15 is 0 Å². The second-order valence-corrected chi connectivity index (χ2v) is 8.98. The van der Waals surface area contributed by atoms with Crippen molar-refractivity contribution in [2.24, 2.45) is 5.73 Å². The van der Waals surface area contributed by atoms with Crippen LogP contribution in [0.2, 0.25) is 0 Å². The van der Waals surface area contributed by atoms with Crippen molar-refractivity contribution in [3.63, 3.8) is 0 Å². The van der Waals surface area contributed by atoms with Gasteiger partial charge in [0, 0.05) is 19.5 Å². The maximum Gasteiger partial charge on any atom is 0.416 e. The first-order valence-corrected chi connectivity index (χ1v) is 10.9. The van der Waals surface area contributed by atoms with Gasteiger partial charge in [0.05, 0.1) is 5.56 Å². The van der Waals surface area contributed by atoms with Crippen molar-refractivity contribution < 1.29 is 27.5 Å². The molecule has 1 amide bonds. The molecule has 1 saturated heterocycles. The highest BCUT2D eigenvalue weighted by atomic mass is 19.4. The Morgan fingerprint density at radius 1 is 1.21 bits per heavy atom. The van der Waals surface area contributed by atoms with Gasteiger partial charge in [-0.25, -0.2) is 4.39 Å². The lowest BCUT2D eigenvalue weighted by Gasteiger charge is -2.41. The molecule has 0 saturated carbocycles. The maximum atomic E-state index is 14.0. The highest BCUT2D eigenvalue weighted by molar-refractivity contribution is 5.75. The van der Waals surface area contributed by atoms with Crippen LogP contribution in [0.1, 0.15) is 53.9 Å². The minimum Gasteiger partial charge on any atom is -0.375 e. The number of rotatable bonds is 5. The van der Waals surface area contributed by atoms with Crippen LogP contribution in [0.15, 0.2) is 48.5 Å². The Morgan fingerprint density at radius 2 is 1.91 bits per heavy atom. The van der Waals surface area contributed by atoms with Gasteiger partial charge >= 0.3 is 6.18 Å². The van der Waals surface area contributed by atoms with E-state index < -0.39 is 23.9 Å². The molecule has 4 rings (SSSR count). The number of piperidine rings is 1. The van der Waals surface area contributed by atoms with Gasteiger partial charge in [-0.3, -0.25) is 9.69 Å². The van der Waals surface area contributed by atoms with Crippen molar-refractivity contribution in [2.75, 3.05) is 13.1 Å². The smallest absolute Gasteiger partial charge is 0.375 e. The lowest BCUT2D eigenvalue weighted by Crippen LogP contribution is -2.45. The molecule has 1 spiro atoms. The topological polar surface area (TPSA) is 66.6 Å². The van der Waals surface area contributed by atoms with Crippen molar-refractivity contribution in [1.82, 2.24) is 4.90 Å². The zero-order valence-electron chi connectivity index (χ0n) is 18.0. The van der Waals surface area contributed by atoms with Gasteiger partial charge in [0.15, 0.2) is 0 Å². The average molecular weight is 462 g/mol. The molecule has 8 heteroatoms. The fourth-order valence-electron chi connectivity index (χ4n) is 5.36. The normalized spacial score (nSPS) is 21.4. The van der Waals surface area contributed by atoms with Gasteiger partial charge in [0.1, 0.15) is 12.0 Å². The monoisotopic (exact) mass is 462 g/mol. The number of benzene rings is 2. The van der Waals surface area contributed by atoms with Crippen LogP contribution in [0.25, 0.3) is 6.08 Å². The quantitative estimate of drug-likeness (QED) is 0.640. The maximum absolute atomic E-state index is 14.0. The molecule has 2 aliphatic rings. The van der Waals surface area contributed by atoms with E-state index in [1.54, 1.807) is 11.0 Å². The Morgan fingerprint density at radius 3 is 2.58 bits per heavy atom. The molecule has 1 fully saturated rings. The van der Waals surface area contributed by atoms with Gasteiger partial charge in [0.2, 0.25) is 5.91 Å². The third-order valence-electron chi connectivity index (χ3n) is 6.95. The first kappa shape index (κ1) is 23.4. The Hall–Kier alpha value is -2.71. The van der Waals surface area contributed by atoms with E-state index in [4.69, 9.17) is 5.73 Å². The lowest BCUT2D eigenvalue weighted by molar-refractivity contribution is -0.137. The van der Waals surface area contributed by atoms with Gasteiger partial charge < -0.3 is 10.8 Å². The number of nitrogens with zero attached hydrogens (tertiary/aromatic N) is 1. The molecule has 33 heavy (non-hydrogen) atoms. The van der Waals surface area contributed by atoms with Crippen molar-refractivity contribution in [3.05, 3.63) is 76.6 Å². The SMILES string of the molecule is NC(=O)CC1CC2(CCN(C(O)/C=C/c3ccccc3C(F)(F)F)CC2)c2cc(F)ccc21. The summed E-state index contributed by atoms with van der Waals surface area (Å²) in [6.07, 6.45) is -0.691. The number of hydrogen-bond acceptors (Lipinski definition) is 3. The lowest BCUT2D eigenvalue weighted by atomic mass is 9.73. The summed E-state index contributed by atoms with van der Waals surface area (Å²) in [5.74, 6) is -0.792. The number of hydrogen-bond donors (Lipinski definition) is 2. The molecule has 0 aromatic heterocycles. The van der Waals surface area contributed by atoms with Crippen LogP contribution in [0.3, 0.4) is 0 Å². The average Bonchev–Trinajstić information content (AvgIpc) is 3.03. The number of aliphatic hydroxyl groups excluding tert-OH is 1. The van der Waals surface area contributed by atoms with Crippen molar-refractivity contribution in [3.8, 4) is 0 Å². The summed E-state index contributed by atoms with van der Waals surface area (Å²) >= 11 is 0. The number of fused-ring (bicyclic) bond motifs is 2. The first-order valence-electron chi connectivity index (χ1n) is 10.9. The Balaban J connectivity index is 1.48. The number of carbonyl (C=O) groups is 1. The fourth-order valence-corrected chi connectivity index (χ4v) is 5.36. The van der Waals surface area contributed by atoms with Crippen molar-refractivity contribution in [1.29, 1.82) is 0 Å². The molecule has 0 bridgehead atoms. The van der Waals surface area contributed by atoms with Gasteiger partial charge in [-0.15, -0.1) is 0 Å². The largest absolute Gasteiger partial charge is 0.416 e. The van der Waals surface area contributed by atoms with Gasteiger partial charge in [0.25, 0.3) is 0 Å². The molecule has 1 aliphatic heterocycles. The molecule has 3 N–H and O–H groups in total. The molecule has 1 heterocycles. The molecule has 1 aliphatic carbocycles. The van der Waals surface area contributed by atoms with Crippen LogP contribution < -0.4 is 5.73 Å². The van der Waals surface area contributed by atoms with Crippen LogP contribution in [-0.4, -0.2) is 35.2 Å². The Bertz CT molecular complexity index is 1060. The highest BCUT2D eigenvalue weighted by Crippen LogP contribution is 2.53. The zero-order valence-corrected chi connectivity index (χ0v) is 18.0. The number of likely N-dealkylation sites (tertiary alicyclic amines) is 1. The van der Waals surface area contributed by atoms with Crippen molar-refractivity contribution >= 4 is 12.0 Å². The number of carbonyl (C=O) groups excluding carboxylic acids is 1. The van der Waals surface area contributed by atoms with E-state index in [-0.39, 0.29) is 29.1 Å². The van der Waals surface area contributed by atoms with Gasteiger partial charge in [-0.1, -0.05) is 30.3 Å². The predicted octanol–water partition coefficient (Wildman–Crippen LogP) is 4.57. The van der Waals surface area contributed by atoms with E-state index in [9.17, 15) is 27.5 Å². The third-order valence-corrected chi connectivity index (χ3v) is 6.95. The summed E-state index contributed by atoms with van der Waals surface area (Å²) in [6.45, 7) is 0.983. The van der Waals surface area contributed by atoms with E-state index in [1.165, 1.54) is 42.5 Å². The zero-order chi connectivity index (χ0) is 23.8. The van der Waals surface area contributed by atoms with Crippen LogP contribution in [0.5, 0.6) is 0 Å². The van der Waals surface area contributed by atoms with E-state index in [0.29, 0.717) is 32.4 Å². The number of amides is 1. The molecule has 2 aromatic carbocycles. The van der Waals surface area contributed by atoms with Crippen molar-refractivity contribution in [2.45, 2.75) is 49.4 Å². The standard InChI is InChI=1S/C25H26F4N2O2/c26-18-6-7-19-17(13-22(30)32)15-24(21(19)14-18)9-11-31(12-10-24)23(33)8-5-16-3-1-2-4-20(16)25(27,28)29/h1-8,14,17,23,33H,9-13,15H2,(H2,30,32)/b8-5+. The third kappa shape index (κ3) is 4.82. The minimum absolute atomic E-state index is 0.00739. The molecule has 2 atom stereocenters. The second kappa shape index (κ2) is 8.91. The van der Waals surface area contributed by atoms with E-state index in [1.807, 2.05) is 0 Å². The second-order valence-electron chi connectivity index (χ2n) is 8.98. The Labute approximate surface area is 189 Å². The van der Waals surface area contributed by atoms with Gasteiger partial charge in [-0.2, -0.15) is 13.2 Å². The molecular weight excluding hydrogens is 436 g/mol. The fraction of sp³-hybridized carbons (Fsp3) is 0.400. The van der Waals surface area contributed by atoms with Crippen LogP contribution in [0.4, 0.5) is 17.6 Å². The summed E-state index contributed by atoms with van der Waals surface area (Å²) < 4.78 is 53.6. The Kier molecular flexibility index (Phi) is 6.33. The molecule has 176 valence electrons. The number of aliphatic hydroxyl groups is 1. The number of alkyl halides is 3. The predicted molar refractivity (Wildman–Crippen MR) is 117 cm³/mol. The molecule has 2 unspecified atom stereocenters. The number of primary amides is 1. The summed E-state index contributed by atoms with van der Waals surface area (Å²) in [6, 6.07) is 9.88. The van der Waals surface area contributed by atoms with Gasteiger partial charge in [-0.05, 0) is 71.6 Å². The molecule has 4 nitrogen and oxygen atoms in total. The van der Waals surface area contributed by atoms with Crippen LogP contribution >= 0.6 is 0 Å². The minimum atomic E-state index is -4.48. The summed E-state index contributed by atoms with van der Waals surface area (Å²) in [5, 5.41) is 10.6. The summed E-state index contributed by atoms with van der Waals surface area (Å²) in [4.78, 5) is 13.3. The number of halogens is 4. The highest BCUT2D eigenvalue weighted by Gasteiger charge is 2.46. The number of nitrogens with two attached hydrogens (primary N) is 1. The first-order chi connectivity index (χ1) is 15.6. The molecular formula is C25H26F4N2O2. The van der Waals surface area contributed by atoms with Crippen LogP contribution in [-0.2, 0) is 16.4 Å². The molecule has 2 aromatic rings. The van der Waals surface area contributed by atoms with Crippen LogP contribution in [0, 0.1) is 5.82 Å². The molecule has 0 radical (unpaired) electrons. The summed E-state index contributed by atoms with van der Waals surface area (Å²) in [5.41, 5.74) is 6.21. The van der Waals surface area contributed by atoms with E-state index in [2.05, 4.69) is 0 Å². The summed E-state index contributed by atoms with van der Waals surface area (Å²) in [7, 11) is 0. The van der Waals surface area contributed by atoms with E-state index in [0.717, 1.165) is 17.2 Å².